The highest BCUT2D eigenvalue weighted by atomic mass is 32.2. The van der Waals surface area contributed by atoms with Crippen LogP contribution >= 0.6 is 11.8 Å². The molecule has 0 saturated carbocycles. The Labute approximate surface area is 101 Å². The molecule has 3 heteroatoms. The molecule has 1 atom stereocenters. The van der Waals surface area contributed by atoms with Gasteiger partial charge < -0.3 is 9.84 Å². The first kappa shape index (κ1) is 11.8. The molecule has 2 nitrogen and oxygen atoms in total. The van der Waals surface area contributed by atoms with E-state index in [1.54, 1.807) is 0 Å². The molecule has 1 fully saturated rings. The SMILES string of the molecule is OC(COc1ccccc1)C1CCSCC1. The van der Waals surface area contributed by atoms with Gasteiger partial charge in [0.2, 0.25) is 0 Å². The molecule has 2 rings (SSSR count). The number of aliphatic hydroxyl groups is 1. The molecule has 1 aromatic carbocycles. The molecule has 16 heavy (non-hydrogen) atoms. The normalized spacial score (nSPS) is 19.3. The zero-order valence-electron chi connectivity index (χ0n) is 9.34. The highest BCUT2D eigenvalue weighted by Crippen LogP contribution is 2.25. The zero-order valence-corrected chi connectivity index (χ0v) is 10.2. The number of ether oxygens (including phenoxy) is 1. The molecule has 88 valence electrons. The second kappa shape index (κ2) is 6.16. The van der Waals surface area contributed by atoms with Crippen molar-refractivity contribution in [1.82, 2.24) is 0 Å². The standard InChI is InChI=1S/C13H18O2S/c14-13(11-6-8-16-9-7-11)10-15-12-4-2-1-3-5-12/h1-5,11,13-14H,6-10H2. The average molecular weight is 238 g/mol. The summed E-state index contributed by atoms with van der Waals surface area (Å²) in [5.41, 5.74) is 0. The van der Waals surface area contributed by atoms with Crippen LogP contribution in [-0.4, -0.2) is 29.3 Å². The van der Waals surface area contributed by atoms with Crippen molar-refractivity contribution in [2.45, 2.75) is 18.9 Å². The molecule has 0 spiro atoms. The van der Waals surface area contributed by atoms with Crippen LogP contribution in [0.4, 0.5) is 0 Å². The Hall–Kier alpha value is -0.670. The van der Waals surface area contributed by atoms with E-state index in [0.29, 0.717) is 12.5 Å². The lowest BCUT2D eigenvalue weighted by atomic mass is 9.96. The van der Waals surface area contributed by atoms with Gasteiger partial charge in [0.05, 0.1) is 6.10 Å². The highest BCUT2D eigenvalue weighted by Gasteiger charge is 2.22. The summed E-state index contributed by atoms with van der Waals surface area (Å²) in [4.78, 5) is 0. The number of benzene rings is 1. The highest BCUT2D eigenvalue weighted by molar-refractivity contribution is 7.99. The Kier molecular flexibility index (Phi) is 4.55. The van der Waals surface area contributed by atoms with Crippen LogP contribution in [0.3, 0.4) is 0 Å². The summed E-state index contributed by atoms with van der Waals surface area (Å²) < 4.78 is 5.56. The maximum Gasteiger partial charge on any atom is 0.119 e. The van der Waals surface area contributed by atoms with Crippen LogP contribution in [0.15, 0.2) is 30.3 Å². The fraction of sp³-hybridized carbons (Fsp3) is 0.538. The number of thioether (sulfide) groups is 1. The summed E-state index contributed by atoms with van der Waals surface area (Å²) in [6, 6.07) is 9.69. The van der Waals surface area contributed by atoms with E-state index in [0.717, 1.165) is 18.6 Å². The van der Waals surface area contributed by atoms with E-state index in [2.05, 4.69) is 0 Å². The zero-order chi connectivity index (χ0) is 11.2. The van der Waals surface area contributed by atoms with E-state index >= 15 is 0 Å². The maximum absolute atomic E-state index is 10.0. The second-order valence-corrected chi connectivity index (χ2v) is 5.37. The van der Waals surface area contributed by atoms with Gasteiger partial charge >= 0.3 is 0 Å². The van der Waals surface area contributed by atoms with Crippen LogP contribution in [0.2, 0.25) is 0 Å². The third kappa shape index (κ3) is 3.42. The third-order valence-electron chi connectivity index (χ3n) is 2.97. The lowest BCUT2D eigenvalue weighted by molar-refractivity contribution is 0.0535. The van der Waals surface area contributed by atoms with Gasteiger partial charge in [-0.05, 0) is 42.4 Å². The monoisotopic (exact) mass is 238 g/mol. The first-order chi connectivity index (χ1) is 7.86. The average Bonchev–Trinajstić information content (AvgIpc) is 2.38. The molecule has 0 aromatic heterocycles. The van der Waals surface area contributed by atoms with Crippen molar-refractivity contribution in [3.8, 4) is 5.75 Å². The predicted octanol–water partition coefficient (Wildman–Crippen LogP) is 2.57. The Balaban J connectivity index is 1.76. The van der Waals surface area contributed by atoms with Crippen molar-refractivity contribution in [2.24, 2.45) is 5.92 Å². The van der Waals surface area contributed by atoms with Crippen LogP contribution in [-0.2, 0) is 0 Å². The molecule has 1 aromatic rings. The van der Waals surface area contributed by atoms with Gasteiger partial charge in [-0.15, -0.1) is 0 Å². The van der Waals surface area contributed by atoms with Gasteiger partial charge in [-0.1, -0.05) is 18.2 Å². The minimum absolute atomic E-state index is 0.318. The molecule has 1 aliphatic heterocycles. The van der Waals surface area contributed by atoms with Crippen LogP contribution in [0.1, 0.15) is 12.8 Å². The molecule has 1 saturated heterocycles. The Morgan fingerprint density at radius 2 is 1.94 bits per heavy atom. The van der Waals surface area contributed by atoms with E-state index in [-0.39, 0.29) is 6.10 Å². The minimum atomic E-state index is -0.318. The maximum atomic E-state index is 10.0. The van der Waals surface area contributed by atoms with Gasteiger partial charge in [-0.3, -0.25) is 0 Å². The van der Waals surface area contributed by atoms with Crippen LogP contribution < -0.4 is 4.74 Å². The van der Waals surface area contributed by atoms with E-state index < -0.39 is 0 Å². The smallest absolute Gasteiger partial charge is 0.119 e. The summed E-state index contributed by atoms with van der Waals surface area (Å²) in [5.74, 6) is 3.61. The van der Waals surface area contributed by atoms with Gasteiger partial charge in [0.15, 0.2) is 0 Å². The molecule has 0 aliphatic carbocycles. The van der Waals surface area contributed by atoms with E-state index in [9.17, 15) is 5.11 Å². The lowest BCUT2D eigenvalue weighted by Gasteiger charge is -2.26. The fourth-order valence-corrected chi connectivity index (χ4v) is 3.08. The van der Waals surface area contributed by atoms with Crippen molar-refractivity contribution < 1.29 is 9.84 Å². The summed E-state index contributed by atoms with van der Waals surface area (Å²) in [6.45, 7) is 0.416. The molecule has 1 unspecified atom stereocenters. The summed E-state index contributed by atoms with van der Waals surface area (Å²) in [6.07, 6.45) is 1.91. The molecular formula is C13H18O2S. The van der Waals surface area contributed by atoms with Crippen LogP contribution in [0.25, 0.3) is 0 Å². The Bertz CT molecular complexity index is 296. The second-order valence-electron chi connectivity index (χ2n) is 4.14. The number of hydrogen-bond donors (Lipinski definition) is 1. The lowest BCUT2D eigenvalue weighted by Crippen LogP contribution is -2.30. The molecule has 0 bridgehead atoms. The first-order valence-corrected chi connectivity index (χ1v) is 6.95. The number of rotatable bonds is 4. The van der Waals surface area contributed by atoms with Gasteiger partial charge in [-0.2, -0.15) is 11.8 Å². The molecular weight excluding hydrogens is 220 g/mol. The molecule has 1 heterocycles. The van der Waals surface area contributed by atoms with Crippen LogP contribution in [0, 0.1) is 5.92 Å². The van der Waals surface area contributed by atoms with Crippen molar-refractivity contribution >= 4 is 11.8 Å². The van der Waals surface area contributed by atoms with Crippen molar-refractivity contribution in [3.05, 3.63) is 30.3 Å². The molecule has 1 N–H and O–H groups in total. The Morgan fingerprint density at radius 3 is 2.62 bits per heavy atom. The summed E-state index contributed by atoms with van der Waals surface area (Å²) in [5, 5.41) is 10.0. The molecule has 1 aliphatic rings. The molecule has 0 radical (unpaired) electrons. The van der Waals surface area contributed by atoms with Crippen molar-refractivity contribution in [3.63, 3.8) is 0 Å². The predicted molar refractivity (Wildman–Crippen MR) is 68.0 cm³/mol. The van der Waals surface area contributed by atoms with Crippen LogP contribution in [0.5, 0.6) is 5.75 Å². The third-order valence-corrected chi connectivity index (χ3v) is 4.02. The summed E-state index contributed by atoms with van der Waals surface area (Å²) in [7, 11) is 0. The number of aliphatic hydroxyl groups excluding tert-OH is 1. The van der Waals surface area contributed by atoms with E-state index in [1.807, 2.05) is 42.1 Å². The van der Waals surface area contributed by atoms with Crippen molar-refractivity contribution in [1.29, 1.82) is 0 Å². The van der Waals surface area contributed by atoms with E-state index in [1.165, 1.54) is 11.5 Å². The summed E-state index contributed by atoms with van der Waals surface area (Å²) >= 11 is 1.98. The minimum Gasteiger partial charge on any atom is -0.491 e. The van der Waals surface area contributed by atoms with E-state index in [4.69, 9.17) is 4.74 Å². The van der Waals surface area contributed by atoms with Gasteiger partial charge in [-0.25, -0.2) is 0 Å². The quantitative estimate of drug-likeness (QED) is 0.874. The molecule has 0 amide bonds. The largest absolute Gasteiger partial charge is 0.491 e. The van der Waals surface area contributed by atoms with Gasteiger partial charge in [0, 0.05) is 0 Å². The fourth-order valence-electron chi connectivity index (χ4n) is 1.93. The first-order valence-electron chi connectivity index (χ1n) is 5.80. The number of para-hydroxylation sites is 1. The van der Waals surface area contributed by atoms with Gasteiger partial charge in [0.1, 0.15) is 12.4 Å². The Morgan fingerprint density at radius 1 is 1.25 bits per heavy atom. The van der Waals surface area contributed by atoms with Crippen molar-refractivity contribution in [2.75, 3.05) is 18.1 Å². The number of hydrogen-bond acceptors (Lipinski definition) is 3. The topological polar surface area (TPSA) is 29.5 Å². The van der Waals surface area contributed by atoms with Gasteiger partial charge in [0.25, 0.3) is 0 Å².